The normalized spacial score (nSPS) is 12.6. The van der Waals surface area contributed by atoms with Gasteiger partial charge in [0.1, 0.15) is 5.82 Å². The Bertz CT molecular complexity index is 882. The Labute approximate surface area is 140 Å². The van der Waals surface area contributed by atoms with Crippen molar-refractivity contribution in [2.24, 2.45) is 0 Å². The summed E-state index contributed by atoms with van der Waals surface area (Å²) in [5, 5.41) is 1.07. The molecule has 0 aliphatic rings. The van der Waals surface area contributed by atoms with E-state index in [1.165, 1.54) is 0 Å². The lowest BCUT2D eigenvalue weighted by Gasteiger charge is -2.23. The van der Waals surface area contributed by atoms with Gasteiger partial charge in [-0.2, -0.15) is 0 Å². The van der Waals surface area contributed by atoms with Crippen LogP contribution in [0.4, 0.5) is 5.82 Å². The average molecular weight is 321 g/mol. The molecule has 0 saturated carbocycles. The number of likely N-dealkylation sites (N-methyl/N-ethyl adjacent to an activating group) is 1. The van der Waals surface area contributed by atoms with Crippen molar-refractivity contribution in [2.75, 3.05) is 12.8 Å². The molecule has 1 amide bonds. The number of nitrogen functional groups attached to an aromatic ring is 1. The van der Waals surface area contributed by atoms with Crippen LogP contribution in [0.1, 0.15) is 24.1 Å². The molecule has 3 N–H and O–H groups in total. The largest absolute Gasteiger partial charge is 0.384 e. The number of hydrogen-bond donors (Lipinski definition) is 2. The van der Waals surface area contributed by atoms with Gasteiger partial charge in [0.05, 0.1) is 17.8 Å². The van der Waals surface area contributed by atoms with Crippen molar-refractivity contribution < 1.29 is 4.79 Å². The number of fused-ring (bicyclic) bond motifs is 1. The Morgan fingerprint density at radius 3 is 2.92 bits per heavy atom. The quantitative estimate of drug-likeness (QED) is 0.723. The third-order valence-corrected chi connectivity index (χ3v) is 4.12. The second-order valence-corrected chi connectivity index (χ2v) is 5.64. The highest BCUT2D eigenvalue weighted by molar-refractivity contribution is 5.92. The maximum absolute atomic E-state index is 12.4. The van der Waals surface area contributed by atoms with Gasteiger partial charge in [-0.1, -0.05) is 0 Å². The minimum absolute atomic E-state index is 0.0668. The number of nitrogens with two attached hydrogens (primary N) is 1. The SMILES string of the molecule is CC(c1c[nH]c2cnccc12)N(C)C(=O)/C=C/c1ccc(N)nc1. The lowest BCUT2D eigenvalue weighted by Crippen LogP contribution is -2.27. The van der Waals surface area contributed by atoms with Crippen LogP contribution in [0.25, 0.3) is 17.0 Å². The van der Waals surface area contributed by atoms with E-state index < -0.39 is 0 Å². The third-order valence-electron chi connectivity index (χ3n) is 4.12. The van der Waals surface area contributed by atoms with Crippen molar-refractivity contribution in [2.45, 2.75) is 13.0 Å². The summed E-state index contributed by atoms with van der Waals surface area (Å²) in [4.78, 5) is 25.4. The van der Waals surface area contributed by atoms with Crippen molar-refractivity contribution in [3.8, 4) is 0 Å². The van der Waals surface area contributed by atoms with Crippen LogP contribution in [0.5, 0.6) is 0 Å². The fourth-order valence-corrected chi connectivity index (χ4v) is 2.54. The predicted molar refractivity (Wildman–Crippen MR) is 95.0 cm³/mol. The number of hydrogen-bond acceptors (Lipinski definition) is 4. The summed E-state index contributed by atoms with van der Waals surface area (Å²) in [5.74, 6) is 0.376. The van der Waals surface area contributed by atoms with E-state index >= 15 is 0 Å². The van der Waals surface area contributed by atoms with E-state index in [2.05, 4.69) is 15.0 Å². The summed E-state index contributed by atoms with van der Waals surface area (Å²) < 4.78 is 0. The predicted octanol–water partition coefficient (Wildman–Crippen LogP) is 2.77. The molecule has 0 saturated heterocycles. The molecule has 0 aliphatic carbocycles. The molecule has 0 fully saturated rings. The third kappa shape index (κ3) is 3.12. The van der Waals surface area contributed by atoms with Gasteiger partial charge in [-0.25, -0.2) is 4.98 Å². The molecular weight excluding hydrogens is 302 g/mol. The van der Waals surface area contributed by atoms with Crippen molar-refractivity contribution in [3.05, 3.63) is 60.2 Å². The Morgan fingerprint density at radius 1 is 1.33 bits per heavy atom. The minimum Gasteiger partial charge on any atom is -0.384 e. The average Bonchev–Trinajstić information content (AvgIpc) is 3.03. The summed E-state index contributed by atoms with van der Waals surface area (Å²) in [7, 11) is 1.79. The number of pyridine rings is 2. The van der Waals surface area contributed by atoms with Gasteiger partial charge in [-0.3, -0.25) is 9.78 Å². The lowest BCUT2D eigenvalue weighted by atomic mass is 10.1. The van der Waals surface area contributed by atoms with Gasteiger partial charge in [0.15, 0.2) is 0 Å². The highest BCUT2D eigenvalue weighted by atomic mass is 16.2. The zero-order valence-corrected chi connectivity index (χ0v) is 13.6. The Balaban J connectivity index is 1.76. The molecular formula is C18H19N5O. The molecule has 3 heterocycles. The first-order chi connectivity index (χ1) is 11.6. The molecule has 6 heteroatoms. The molecule has 1 unspecified atom stereocenters. The zero-order chi connectivity index (χ0) is 17.1. The minimum atomic E-state index is -0.0808. The fourth-order valence-electron chi connectivity index (χ4n) is 2.54. The standard InChI is InChI=1S/C18H19N5O/c1-12(15-10-21-16-11-20-8-7-14(15)16)23(2)18(24)6-4-13-3-5-17(19)22-9-13/h3-12,21H,1-2H3,(H2,19,22)/b6-4+. The monoisotopic (exact) mass is 321 g/mol. The molecule has 0 aromatic carbocycles. The van der Waals surface area contributed by atoms with Crippen molar-refractivity contribution in [3.63, 3.8) is 0 Å². The molecule has 3 aromatic heterocycles. The number of H-pyrrole nitrogens is 1. The number of carbonyl (C=O) groups is 1. The van der Waals surface area contributed by atoms with E-state index in [4.69, 9.17) is 5.73 Å². The summed E-state index contributed by atoms with van der Waals surface area (Å²) in [5.41, 5.74) is 8.41. The molecule has 1 atom stereocenters. The van der Waals surface area contributed by atoms with E-state index in [1.807, 2.05) is 25.3 Å². The number of nitrogens with one attached hydrogen (secondary N) is 1. The summed E-state index contributed by atoms with van der Waals surface area (Å²) >= 11 is 0. The van der Waals surface area contributed by atoms with Crippen molar-refractivity contribution in [1.29, 1.82) is 0 Å². The lowest BCUT2D eigenvalue weighted by molar-refractivity contribution is -0.126. The molecule has 0 spiro atoms. The van der Waals surface area contributed by atoms with E-state index in [-0.39, 0.29) is 11.9 Å². The maximum atomic E-state index is 12.4. The molecule has 24 heavy (non-hydrogen) atoms. The van der Waals surface area contributed by atoms with Gasteiger partial charge < -0.3 is 15.6 Å². The van der Waals surface area contributed by atoms with E-state index in [0.29, 0.717) is 5.82 Å². The first-order valence-electron chi connectivity index (χ1n) is 7.63. The Hall–Kier alpha value is -3.15. The molecule has 6 nitrogen and oxygen atoms in total. The molecule has 0 bridgehead atoms. The van der Waals surface area contributed by atoms with E-state index in [0.717, 1.165) is 22.0 Å². The molecule has 0 aliphatic heterocycles. The number of aromatic nitrogens is 3. The fraction of sp³-hybridized carbons (Fsp3) is 0.167. The van der Waals surface area contributed by atoms with Gasteiger partial charge in [0.25, 0.3) is 0 Å². The number of rotatable bonds is 4. The van der Waals surface area contributed by atoms with Crippen molar-refractivity contribution >= 4 is 28.7 Å². The number of aromatic amines is 1. The van der Waals surface area contributed by atoms with Crippen molar-refractivity contribution in [1.82, 2.24) is 19.9 Å². The van der Waals surface area contributed by atoms with Gasteiger partial charge in [0.2, 0.25) is 5.91 Å². The van der Waals surface area contributed by atoms with Crippen LogP contribution in [0.15, 0.2) is 49.1 Å². The van der Waals surface area contributed by atoms with Crippen LogP contribution in [0, 0.1) is 0 Å². The number of nitrogens with zero attached hydrogens (tertiary/aromatic N) is 3. The summed E-state index contributed by atoms with van der Waals surface area (Å²) in [6.45, 7) is 2.00. The van der Waals surface area contributed by atoms with Gasteiger partial charge >= 0.3 is 0 Å². The van der Waals surface area contributed by atoms with Gasteiger partial charge in [-0.15, -0.1) is 0 Å². The summed E-state index contributed by atoms with van der Waals surface area (Å²) in [6.07, 6.45) is 10.4. The van der Waals surface area contributed by atoms with Crippen LogP contribution in [0.2, 0.25) is 0 Å². The topological polar surface area (TPSA) is 87.9 Å². The number of amides is 1. The van der Waals surface area contributed by atoms with Crippen LogP contribution >= 0.6 is 0 Å². The van der Waals surface area contributed by atoms with Crippen LogP contribution in [-0.2, 0) is 4.79 Å². The van der Waals surface area contributed by atoms with Crippen LogP contribution < -0.4 is 5.73 Å². The van der Waals surface area contributed by atoms with Crippen LogP contribution in [-0.4, -0.2) is 32.8 Å². The zero-order valence-electron chi connectivity index (χ0n) is 13.6. The molecule has 122 valence electrons. The summed E-state index contributed by atoms with van der Waals surface area (Å²) in [6, 6.07) is 5.41. The maximum Gasteiger partial charge on any atom is 0.246 e. The van der Waals surface area contributed by atoms with E-state index in [9.17, 15) is 4.79 Å². The second kappa shape index (κ2) is 6.54. The Morgan fingerprint density at radius 2 is 2.17 bits per heavy atom. The van der Waals surface area contributed by atoms with Gasteiger partial charge in [0, 0.05) is 37.1 Å². The smallest absolute Gasteiger partial charge is 0.246 e. The number of carbonyl (C=O) groups excluding carboxylic acids is 1. The molecule has 0 radical (unpaired) electrons. The molecule has 3 aromatic rings. The number of anilines is 1. The first kappa shape index (κ1) is 15.7. The highest BCUT2D eigenvalue weighted by Gasteiger charge is 2.18. The van der Waals surface area contributed by atoms with E-state index in [1.54, 1.807) is 48.8 Å². The second-order valence-electron chi connectivity index (χ2n) is 5.64. The Kier molecular flexibility index (Phi) is 4.29. The first-order valence-corrected chi connectivity index (χ1v) is 7.63. The van der Waals surface area contributed by atoms with Gasteiger partial charge in [-0.05, 0) is 42.3 Å². The highest BCUT2D eigenvalue weighted by Crippen LogP contribution is 2.26. The van der Waals surface area contributed by atoms with Crippen LogP contribution in [0.3, 0.4) is 0 Å². The molecule has 3 rings (SSSR count).